The van der Waals surface area contributed by atoms with Gasteiger partial charge in [-0.25, -0.2) is 4.21 Å². The fraction of sp³-hybridized carbons (Fsp3) is 0.478. The molecule has 2 nitrogen and oxygen atoms in total. The lowest BCUT2D eigenvalue weighted by Crippen LogP contribution is -2.08. The van der Waals surface area contributed by atoms with Crippen LogP contribution in [0.4, 0.5) is 0 Å². The summed E-state index contributed by atoms with van der Waals surface area (Å²) in [6.45, 7) is 14.8. The lowest BCUT2D eigenvalue weighted by atomic mass is 9.89. The van der Waals surface area contributed by atoms with Gasteiger partial charge in [0.2, 0.25) is 0 Å². The van der Waals surface area contributed by atoms with Gasteiger partial charge < -0.3 is 5.11 Å². The topological polar surface area (TPSA) is 37.3 Å². The molecule has 0 spiro atoms. The summed E-state index contributed by atoms with van der Waals surface area (Å²) in [5, 5.41) is 9.71. The van der Waals surface area contributed by atoms with Crippen molar-refractivity contribution in [2.45, 2.75) is 82.1 Å². The number of benzene rings is 2. The average molecular weight is 373 g/mol. The normalized spacial score (nSPS) is 14.3. The first-order chi connectivity index (χ1) is 12.1. The van der Waals surface area contributed by atoms with E-state index in [2.05, 4.69) is 53.7 Å². The predicted molar refractivity (Wildman–Crippen MR) is 110 cm³/mol. The summed E-state index contributed by atoms with van der Waals surface area (Å²) in [5.74, 6) is 1.06. The molecule has 2 atom stereocenters. The summed E-state index contributed by atoms with van der Waals surface area (Å²) in [7, 11) is -1.24. The third-order valence-corrected chi connectivity index (χ3v) is 6.38. The fourth-order valence-corrected chi connectivity index (χ4v) is 4.73. The summed E-state index contributed by atoms with van der Waals surface area (Å²) >= 11 is 0. The van der Waals surface area contributed by atoms with Crippen molar-refractivity contribution >= 4 is 10.8 Å². The predicted octanol–water partition coefficient (Wildman–Crippen LogP) is 6.28. The van der Waals surface area contributed by atoms with Crippen molar-refractivity contribution in [1.29, 1.82) is 0 Å². The van der Waals surface area contributed by atoms with Gasteiger partial charge in [0.1, 0.15) is 0 Å². The Morgan fingerprint density at radius 2 is 1.19 bits per heavy atom. The molecule has 0 heterocycles. The van der Waals surface area contributed by atoms with Crippen LogP contribution in [0, 0.1) is 0 Å². The Labute approximate surface area is 161 Å². The number of rotatable bonds is 6. The minimum Gasteiger partial charge on any atom is -0.389 e. The zero-order valence-electron chi connectivity index (χ0n) is 17.0. The van der Waals surface area contributed by atoms with Gasteiger partial charge in [0, 0.05) is 4.90 Å². The summed E-state index contributed by atoms with van der Waals surface area (Å²) < 4.78 is 13.5. The molecule has 0 saturated carbocycles. The van der Waals surface area contributed by atoms with E-state index in [1.165, 1.54) is 16.7 Å². The third kappa shape index (κ3) is 4.44. The van der Waals surface area contributed by atoms with Crippen molar-refractivity contribution in [3.8, 4) is 0 Å². The summed E-state index contributed by atoms with van der Waals surface area (Å²) in [6.07, 6.45) is -0.514. The molecule has 1 N–H and O–H groups in total. The Kier molecular flexibility index (Phi) is 6.81. The first kappa shape index (κ1) is 20.9. The lowest BCUT2D eigenvalue weighted by molar-refractivity contribution is 0.199. The van der Waals surface area contributed by atoms with Crippen molar-refractivity contribution < 1.29 is 9.32 Å². The molecule has 142 valence electrons. The van der Waals surface area contributed by atoms with E-state index in [1.807, 2.05) is 24.3 Å². The molecule has 0 radical (unpaired) electrons. The molecule has 0 bridgehead atoms. The molecule has 2 aromatic rings. The molecule has 0 fully saturated rings. The van der Waals surface area contributed by atoms with Gasteiger partial charge in [0.25, 0.3) is 0 Å². The average Bonchev–Trinajstić information content (AvgIpc) is 2.59. The minimum atomic E-state index is -1.24. The van der Waals surface area contributed by atoms with Gasteiger partial charge in [-0.05, 0) is 59.1 Å². The van der Waals surface area contributed by atoms with E-state index in [0.29, 0.717) is 17.8 Å². The quantitative estimate of drug-likeness (QED) is 0.648. The van der Waals surface area contributed by atoms with Gasteiger partial charge in [-0.3, -0.25) is 0 Å². The highest BCUT2D eigenvalue weighted by molar-refractivity contribution is 7.85. The molecule has 2 rings (SSSR count). The Hall–Kier alpha value is -1.45. The Morgan fingerprint density at radius 1 is 0.731 bits per heavy atom. The molecular formula is C23H32O2S. The van der Waals surface area contributed by atoms with E-state index in [4.69, 9.17) is 0 Å². The van der Waals surface area contributed by atoms with Crippen molar-refractivity contribution in [2.24, 2.45) is 0 Å². The van der Waals surface area contributed by atoms with E-state index in [9.17, 15) is 9.32 Å². The van der Waals surface area contributed by atoms with Crippen LogP contribution >= 0.6 is 0 Å². The number of hydrogen-bond acceptors (Lipinski definition) is 2. The second kappa shape index (κ2) is 8.49. The summed E-state index contributed by atoms with van der Waals surface area (Å²) in [4.78, 5) is 1.75. The first-order valence-electron chi connectivity index (χ1n) is 9.51. The van der Waals surface area contributed by atoms with Crippen LogP contribution in [0.3, 0.4) is 0 Å². The fourth-order valence-electron chi connectivity index (χ4n) is 3.09. The Balaban J connectivity index is 2.63. The van der Waals surface area contributed by atoms with Crippen molar-refractivity contribution in [3.63, 3.8) is 0 Å². The van der Waals surface area contributed by atoms with E-state index >= 15 is 0 Å². The SMILES string of the molecule is CC(C)c1cc(C(C)C)c(S(=O)c2ccc(C(C)O)cc2)c(C(C)C)c1. The standard InChI is InChI=1S/C23H32O2S/c1-14(2)19-12-21(15(3)4)23(22(13-19)16(5)6)26(25)20-10-8-18(9-11-20)17(7)24/h8-17,24H,1-7H3. The molecule has 2 aromatic carbocycles. The molecule has 0 aromatic heterocycles. The monoisotopic (exact) mass is 372 g/mol. The molecule has 0 aliphatic rings. The Morgan fingerprint density at radius 3 is 1.54 bits per heavy atom. The summed E-state index contributed by atoms with van der Waals surface area (Å²) in [6, 6.07) is 12.0. The van der Waals surface area contributed by atoms with Crippen LogP contribution in [-0.4, -0.2) is 9.32 Å². The molecule has 2 unspecified atom stereocenters. The van der Waals surface area contributed by atoms with Gasteiger partial charge in [-0.1, -0.05) is 65.8 Å². The van der Waals surface area contributed by atoms with Gasteiger partial charge in [0.05, 0.1) is 21.8 Å². The van der Waals surface area contributed by atoms with Crippen LogP contribution in [0.5, 0.6) is 0 Å². The highest BCUT2D eigenvalue weighted by Crippen LogP contribution is 2.36. The van der Waals surface area contributed by atoms with Crippen molar-refractivity contribution in [3.05, 3.63) is 58.7 Å². The molecule has 0 aliphatic heterocycles. The van der Waals surface area contributed by atoms with Gasteiger partial charge in [0.15, 0.2) is 0 Å². The van der Waals surface area contributed by atoms with Crippen LogP contribution in [0.2, 0.25) is 0 Å². The van der Waals surface area contributed by atoms with Gasteiger partial charge in [-0.2, -0.15) is 0 Å². The summed E-state index contributed by atoms with van der Waals surface area (Å²) in [5.41, 5.74) is 4.51. The van der Waals surface area contributed by atoms with E-state index in [0.717, 1.165) is 15.4 Å². The minimum absolute atomic E-state index is 0.307. The molecule has 0 saturated heterocycles. The maximum Gasteiger partial charge on any atom is 0.0855 e. The maximum atomic E-state index is 13.5. The Bertz CT molecular complexity index is 742. The molecular weight excluding hydrogens is 340 g/mol. The van der Waals surface area contributed by atoms with Crippen molar-refractivity contribution in [2.75, 3.05) is 0 Å². The van der Waals surface area contributed by atoms with Gasteiger partial charge >= 0.3 is 0 Å². The van der Waals surface area contributed by atoms with E-state index in [1.54, 1.807) is 6.92 Å². The number of hydrogen-bond donors (Lipinski definition) is 1. The number of aliphatic hydroxyl groups is 1. The molecule has 3 heteroatoms. The third-order valence-electron chi connectivity index (χ3n) is 4.84. The second-order valence-corrected chi connectivity index (χ2v) is 9.42. The molecule has 0 amide bonds. The second-order valence-electron chi connectivity index (χ2n) is 8.01. The molecule has 0 aliphatic carbocycles. The zero-order chi connectivity index (χ0) is 19.6. The van der Waals surface area contributed by atoms with E-state index in [-0.39, 0.29) is 0 Å². The van der Waals surface area contributed by atoms with Crippen LogP contribution in [-0.2, 0) is 10.8 Å². The molecule has 26 heavy (non-hydrogen) atoms. The number of aliphatic hydroxyl groups excluding tert-OH is 1. The highest BCUT2D eigenvalue weighted by atomic mass is 32.2. The van der Waals surface area contributed by atoms with E-state index < -0.39 is 16.9 Å². The van der Waals surface area contributed by atoms with Crippen LogP contribution in [0.1, 0.15) is 94.6 Å². The largest absolute Gasteiger partial charge is 0.389 e. The van der Waals surface area contributed by atoms with Crippen LogP contribution in [0.25, 0.3) is 0 Å². The lowest BCUT2D eigenvalue weighted by Gasteiger charge is -2.22. The maximum absolute atomic E-state index is 13.5. The highest BCUT2D eigenvalue weighted by Gasteiger charge is 2.22. The van der Waals surface area contributed by atoms with Gasteiger partial charge in [-0.15, -0.1) is 0 Å². The van der Waals surface area contributed by atoms with Crippen LogP contribution < -0.4 is 0 Å². The zero-order valence-corrected chi connectivity index (χ0v) is 17.9. The van der Waals surface area contributed by atoms with Crippen LogP contribution in [0.15, 0.2) is 46.2 Å². The first-order valence-corrected chi connectivity index (χ1v) is 10.7. The smallest absolute Gasteiger partial charge is 0.0855 e. The van der Waals surface area contributed by atoms with Crippen molar-refractivity contribution in [1.82, 2.24) is 0 Å².